The molecule has 2 atom stereocenters. The molecule has 25 heavy (non-hydrogen) atoms. The van der Waals surface area contributed by atoms with Crippen LogP contribution in [0.4, 0.5) is 5.95 Å². The van der Waals surface area contributed by atoms with Crippen LogP contribution in [0, 0.1) is 11.3 Å². The molecule has 9 heteroatoms. The minimum absolute atomic E-state index is 0.0349. The van der Waals surface area contributed by atoms with Gasteiger partial charge in [0.25, 0.3) is 0 Å². The van der Waals surface area contributed by atoms with Crippen LogP contribution in [0.3, 0.4) is 0 Å². The van der Waals surface area contributed by atoms with Crippen LogP contribution in [0.2, 0.25) is 0 Å². The highest BCUT2D eigenvalue weighted by Gasteiger charge is 2.59. The molecule has 2 saturated heterocycles. The first kappa shape index (κ1) is 17.4. The highest BCUT2D eigenvalue weighted by molar-refractivity contribution is 5.83. The second-order valence-electron chi connectivity index (χ2n) is 6.97. The maximum atomic E-state index is 12.3. The second-order valence-corrected chi connectivity index (χ2v) is 6.97. The van der Waals surface area contributed by atoms with Gasteiger partial charge in [0.1, 0.15) is 5.41 Å². The summed E-state index contributed by atoms with van der Waals surface area (Å²) in [7, 11) is 5.19. The van der Waals surface area contributed by atoms with Crippen LogP contribution in [-0.2, 0) is 9.59 Å². The van der Waals surface area contributed by atoms with Crippen LogP contribution in [0.1, 0.15) is 0 Å². The van der Waals surface area contributed by atoms with Gasteiger partial charge in [-0.3, -0.25) is 9.59 Å². The Kier molecular flexibility index (Phi) is 4.51. The summed E-state index contributed by atoms with van der Waals surface area (Å²) in [4.78, 5) is 38.2. The number of rotatable bonds is 5. The smallest absolute Gasteiger partial charge is 0.313 e. The Balaban J connectivity index is 1.76. The first-order chi connectivity index (χ1) is 11.9. The molecule has 0 aliphatic carbocycles. The van der Waals surface area contributed by atoms with E-state index in [0.29, 0.717) is 31.3 Å². The zero-order chi connectivity index (χ0) is 18.2. The molecule has 3 rings (SSSR count). The first-order valence-electron chi connectivity index (χ1n) is 8.12. The molecular formula is C16H23N5O4. The van der Waals surface area contributed by atoms with Gasteiger partial charge in [0.05, 0.1) is 26.0 Å². The number of aliphatic carboxylic acids is 1. The van der Waals surface area contributed by atoms with Gasteiger partial charge in [-0.25, -0.2) is 9.97 Å². The standard InChI is InChI=1S/C16H23N5O4/c1-19(2)8-13(22)20-6-11-7-21(10-16(11,9-20)14(23)24)15-17-4-12(25-3)5-18-15/h4-5,11H,6-10H2,1-3H3,(H,23,24)/t11-,16-/m1/s1. The lowest BCUT2D eigenvalue weighted by molar-refractivity contribution is -0.148. The number of carboxylic acid groups (broad SMARTS) is 1. The Hall–Kier alpha value is -2.42. The molecule has 0 radical (unpaired) electrons. The number of nitrogens with zero attached hydrogens (tertiary/aromatic N) is 5. The molecule has 1 N–H and O–H groups in total. The normalized spacial score (nSPS) is 25.4. The van der Waals surface area contributed by atoms with Gasteiger partial charge < -0.3 is 24.5 Å². The fourth-order valence-electron chi connectivity index (χ4n) is 3.66. The summed E-state index contributed by atoms with van der Waals surface area (Å²) in [5, 5.41) is 9.87. The van der Waals surface area contributed by atoms with Gasteiger partial charge in [0, 0.05) is 32.1 Å². The molecule has 0 aromatic carbocycles. The number of ether oxygens (including phenoxy) is 1. The highest BCUT2D eigenvalue weighted by Crippen LogP contribution is 2.43. The van der Waals surface area contributed by atoms with E-state index in [2.05, 4.69) is 9.97 Å². The fourth-order valence-corrected chi connectivity index (χ4v) is 3.66. The van der Waals surface area contributed by atoms with Crippen molar-refractivity contribution < 1.29 is 19.4 Å². The predicted molar refractivity (Wildman–Crippen MR) is 89.5 cm³/mol. The summed E-state index contributed by atoms with van der Waals surface area (Å²) in [5.74, 6) is 0.00119. The third-order valence-electron chi connectivity index (χ3n) is 4.97. The number of likely N-dealkylation sites (tertiary alicyclic amines) is 1. The third-order valence-corrected chi connectivity index (χ3v) is 4.97. The average molecular weight is 349 g/mol. The lowest BCUT2D eigenvalue weighted by atomic mass is 9.81. The van der Waals surface area contributed by atoms with Crippen LogP contribution in [0.15, 0.2) is 12.4 Å². The van der Waals surface area contributed by atoms with Gasteiger partial charge in [-0.2, -0.15) is 0 Å². The van der Waals surface area contributed by atoms with Gasteiger partial charge in [-0.1, -0.05) is 0 Å². The number of amides is 1. The van der Waals surface area contributed by atoms with Crippen molar-refractivity contribution in [3.63, 3.8) is 0 Å². The van der Waals surface area contributed by atoms with Crippen LogP contribution in [-0.4, -0.2) is 90.7 Å². The van der Waals surface area contributed by atoms with E-state index in [-0.39, 0.29) is 24.9 Å². The van der Waals surface area contributed by atoms with Gasteiger partial charge >= 0.3 is 5.97 Å². The molecule has 2 fully saturated rings. The van der Waals surface area contributed by atoms with Crippen molar-refractivity contribution in [1.82, 2.24) is 19.8 Å². The molecule has 0 saturated carbocycles. The van der Waals surface area contributed by atoms with Gasteiger partial charge in [0.15, 0.2) is 5.75 Å². The summed E-state index contributed by atoms with van der Waals surface area (Å²) >= 11 is 0. The first-order valence-corrected chi connectivity index (χ1v) is 8.12. The van der Waals surface area contributed by atoms with Crippen molar-refractivity contribution in [3.8, 4) is 5.75 Å². The number of carbonyl (C=O) groups excluding carboxylic acids is 1. The maximum absolute atomic E-state index is 12.3. The van der Waals surface area contributed by atoms with Crippen LogP contribution in [0.5, 0.6) is 5.75 Å². The molecule has 1 aromatic rings. The molecule has 0 unspecified atom stereocenters. The lowest BCUT2D eigenvalue weighted by Crippen LogP contribution is -2.43. The zero-order valence-corrected chi connectivity index (χ0v) is 14.7. The Bertz CT molecular complexity index is 665. The maximum Gasteiger partial charge on any atom is 0.313 e. The quantitative estimate of drug-likeness (QED) is 0.752. The topological polar surface area (TPSA) is 99.1 Å². The van der Waals surface area contributed by atoms with Gasteiger partial charge in [-0.15, -0.1) is 0 Å². The molecule has 136 valence electrons. The minimum atomic E-state index is -0.967. The minimum Gasteiger partial charge on any atom is -0.494 e. The van der Waals surface area contributed by atoms with E-state index >= 15 is 0 Å². The van der Waals surface area contributed by atoms with Crippen molar-refractivity contribution in [2.45, 2.75) is 0 Å². The number of likely N-dealkylation sites (N-methyl/N-ethyl adjacent to an activating group) is 1. The highest BCUT2D eigenvalue weighted by atomic mass is 16.5. The Morgan fingerprint density at radius 2 is 2.00 bits per heavy atom. The second kappa shape index (κ2) is 6.47. The summed E-state index contributed by atoms with van der Waals surface area (Å²) < 4.78 is 5.05. The molecule has 0 bridgehead atoms. The monoisotopic (exact) mass is 349 g/mol. The average Bonchev–Trinajstić information content (AvgIpc) is 3.10. The van der Waals surface area contributed by atoms with Gasteiger partial charge in [-0.05, 0) is 14.1 Å². The van der Waals surface area contributed by atoms with E-state index in [1.165, 1.54) is 7.11 Å². The summed E-state index contributed by atoms with van der Waals surface area (Å²) in [6.07, 6.45) is 3.13. The molecular weight excluding hydrogens is 326 g/mol. The SMILES string of the molecule is COc1cnc(N2C[C@H]3CN(C(=O)CN(C)C)C[C@@]3(C(=O)O)C2)nc1. The van der Waals surface area contributed by atoms with E-state index in [9.17, 15) is 14.7 Å². The molecule has 2 aliphatic heterocycles. The summed E-state index contributed by atoms with van der Waals surface area (Å²) in [6, 6.07) is 0. The molecule has 0 spiro atoms. The van der Waals surface area contributed by atoms with Crippen molar-refractivity contribution in [2.75, 3.05) is 58.8 Å². The fraction of sp³-hybridized carbons (Fsp3) is 0.625. The number of methoxy groups -OCH3 is 1. The van der Waals surface area contributed by atoms with Crippen LogP contribution >= 0.6 is 0 Å². The Morgan fingerprint density at radius 3 is 2.52 bits per heavy atom. The molecule has 1 amide bonds. The van der Waals surface area contributed by atoms with Crippen molar-refractivity contribution in [3.05, 3.63) is 12.4 Å². The number of aromatic nitrogens is 2. The summed E-state index contributed by atoms with van der Waals surface area (Å²) in [6.45, 7) is 1.78. The molecule has 9 nitrogen and oxygen atoms in total. The van der Waals surface area contributed by atoms with Gasteiger partial charge in [0.2, 0.25) is 11.9 Å². The van der Waals surface area contributed by atoms with Crippen molar-refractivity contribution in [1.29, 1.82) is 0 Å². The third kappa shape index (κ3) is 3.11. The van der Waals surface area contributed by atoms with E-state index in [0.717, 1.165) is 0 Å². The van der Waals surface area contributed by atoms with E-state index < -0.39 is 11.4 Å². The van der Waals surface area contributed by atoms with E-state index in [1.807, 2.05) is 19.0 Å². The number of hydrogen-bond donors (Lipinski definition) is 1. The Morgan fingerprint density at radius 1 is 1.32 bits per heavy atom. The molecule has 1 aromatic heterocycles. The van der Waals surface area contributed by atoms with Crippen LogP contribution < -0.4 is 9.64 Å². The zero-order valence-electron chi connectivity index (χ0n) is 14.7. The summed E-state index contributed by atoms with van der Waals surface area (Å²) in [5.41, 5.74) is -0.967. The number of carbonyl (C=O) groups is 2. The largest absolute Gasteiger partial charge is 0.494 e. The van der Waals surface area contributed by atoms with Crippen molar-refractivity contribution >= 4 is 17.8 Å². The number of carboxylic acids is 1. The number of fused-ring (bicyclic) bond motifs is 1. The molecule has 2 aliphatic rings. The Labute approximate surface area is 146 Å². The molecule has 3 heterocycles. The number of hydrogen-bond acceptors (Lipinski definition) is 7. The van der Waals surface area contributed by atoms with E-state index in [4.69, 9.17) is 4.74 Å². The van der Waals surface area contributed by atoms with E-state index in [1.54, 1.807) is 22.2 Å². The number of anilines is 1. The lowest BCUT2D eigenvalue weighted by Gasteiger charge is -2.26. The van der Waals surface area contributed by atoms with Crippen molar-refractivity contribution in [2.24, 2.45) is 11.3 Å². The predicted octanol–water partition coefficient (Wildman–Crippen LogP) is -0.604. The van der Waals surface area contributed by atoms with Crippen LogP contribution in [0.25, 0.3) is 0 Å².